The first kappa shape index (κ1) is 12.4. The number of piperidine rings is 1. The number of aromatic nitrogens is 1. The van der Waals surface area contributed by atoms with Crippen molar-refractivity contribution in [3.05, 3.63) is 29.3 Å². The molecule has 1 saturated heterocycles. The van der Waals surface area contributed by atoms with E-state index in [1.54, 1.807) is 0 Å². The van der Waals surface area contributed by atoms with Crippen LogP contribution in [0.2, 0.25) is 0 Å². The van der Waals surface area contributed by atoms with Gasteiger partial charge in [-0.3, -0.25) is 4.90 Å². The Morgan fingerprint density at radius 1 is 1.33 bits per heavy atom. The van der Waals surface area contributed by atoms with Crippen molar-refractivity contribution in [2.45, 2.75) is 31.8 Å². The molecule has 0 spiro atoms. The van der Waals surface area contributed by atoms with Crippen LogP contribution < -0.4 is 0 Å². The SMILES string of the molecule is ClCC1CCCCN1Cc1nc2ccccc2s1. The van der Waals surface area contributed by atoms with Crippen LogP contribution in [0.4, 0.5) is 0 Å². The Balaban J connectivity index is 1.78. The predicted octanol–water partition coefficient (Wildman–Crippen LogP) is 3.89. The maximum absolute atomic E-state index is 6.06. The van der Waals surface area contributed by atoms with Crippen LogP contribution in [0.5, 0.6) is 0 Å². The van der Waals surface area contributed by atoms with Crippen LogP contribution in [0.15, 0.2) is 24.3 Å². The largest absolute Gasteiger partial charge is 0.293 e. The highest BCUT2D eigenvalue weighted by Gasteiger charge is 2.22. The molecule has 1 aliphatic rings. The zero-order valence-electron chi connectivity index (χ0n) is 10.3. The molecule has 1 unspecified atom stereocenters. The Hall–Kier alpha value is -0.640. The summed E-state index contributed by atoms with van der Waals surface area (Å²) in [4.78, 5) is 7.20. The minimum Gasteiger partial charge on any atom is -0.293 e. The first-order chi connectivity index (χ1) is 8.86. The molecule has 0 N–H and O–H groups in total. The monoisotopic (exact) mass is 280 g/mol. The highest BCUT2D eigenvalue weighted by Crippen LogP contribution is 2.25. The van der Waals surface area contributed by atoms with E-state index >= 15 is 0 Å². The molecule has 2 aromatic rings. The Morgan fingerprint density at radius 3 is 3.06 bits per heavy atom. The number of nitrogens with zero attached hydrogens (tertiary/aromatic N) is 2. The lowest BCUT2D eigenvalue weighted by Gasteiger charge is -2.33. The maximum atomic E-state index is 6.06. The van der Waals surface area contributed by atoms with Crippen LogP contribution in [0.3, 0.4) is 0 Å². The number of para-hydroxylation sites is 1. The second kappa shape index (κ2) is 5.55. The van der Waals surface area contributed by atoms with E-state index in [0.717, 1.165) is 24.5 Å². The maximum Gasteiger partial charge on any atom is 0.108 e. The van der Waals surface area contributed by atoms with Crippen LogP contribution in [-0.2, 0) is 6.54 Å². The van der Waals surface area contributed by atoms with Crippen LogP contribution >= 0.6 is 22.9 Å². The molecule has 4 heteroatoms. The normalized spacial score (nSPS) is 21.5. The van der Waals surface area contributed by atoms with Crippen LogP contribution in [0, 0.1) is 0 Å². The molecular weight excluding hydrogens is 264 g/mol. The summed E-state index contributed by atoms with van der Waals surface area (Å²) in [6.07, 6.45) is 3.83. The second-order valence-corrected chi connectivity index (χ2v) is 6.27. The van der Waals surface area contributed by atoms with Crippen molar-refractivity contribution in [2.24, 2.45) is 0 Å². The van der Waals surface area contributed by atoms with Gasteiger partial charge in [0.05, 0.1) is 16.8 Å². The van der Waals surface area contributed by atoms with E-state index in [1.165, 1.54) is 29.0 Å². The highest BCUT2D eigenvalue weighted by molar-refractivity contribution is 7.18. The highest BCUT2D eigenvalue weighted by atomic mass is 35.5. The summed E-state index contributed by atoms with van der Waals surface area (Å²) in [7, 11) is 0. The second-order valence-electron chi connectivity index (χ2n) is 4.85. The molecular formula is C14H17ClN2S. The van der Waals surface area contributed by atoms with Gasteiger partial charge in [-0.1, -0.05) is 18.6 Å². The van der Waals surface area contributed by atoms with E-state index < -0.39 is 0 Å². The van der Waals surface area contributed by atoms with Gasteiger partial charge < -0.3 is 0 Å². The number of hydrogen-bond donors (Lipinski definition) is 0. The average molecular weight is 281 g/mol. The number of thiazole rings is 1. The van der Waals surface area contributed by atoms with E-state index in [-0.39, 0.29) is 0 Å². The summed E-state index contributed by atoms with van der Waals surface area (Å²) < 4.78 is 1.28. The number of fused-ring (bicyclic) bond motifs is 1. The van der Waals surface area contributed by atoms with Gasteiger partial charge in [0.2, 0.25) is 0 Å². The molecule has 2 heterocycles. The molecule has 0 amide bonds. The summed E-state index contributed by atoms with van der Waals surface area (Å²) >= 11 is 7.87. The van der Waals surface area contributed by atoms with E-state index in [2.05, 4.69) is 23.1 Å². The number of likely N-dealkylation sites (tertiary alicyclic amines) is 1. The molecule has 0 bridgehead atoms. The van der Waals surface area contributed by atoms with Crippen LogP contribution in [0.25, 0.3) is 10.2 Å². The molecule has 96 valence electrons. The van der Waals surface area contributed by atoms with Crippen LogP contribution in [-0.4, -0.2) is 28.4 Å². The summed E-state index contributed by atoms with van der Waals surface area (Å²) in [6.45, 7) is 2.12. The molecule has 0 aliphatic carbocycles. The van der Waals surface area contributed by atoms with Gasteiger partial charge in [-0.05, 0) is 31.5 Å². The summed E-state index contributed by atoms with van der Waals surface area (Å²) in [6, 6.07) is 8.89. The van der Waals surface area contributed by atoms with Gasteiger partial charge in [-0.2, -0.15) is 0 Å². The van der Waals surface area contributed by atoms with Crippen molar-refractivity contribution in [3.63, 3.8) is 0 Å². The lowest BCUT2D eigenvalue weighted by molar-refractivity contribution is 0.155. The van der Waals surface area contributed by atoms with Gasteiger partial charge in [-0.15, -0.1) is 22.9 Å². The smallest absolute Gasteiger partial charge is 0.108 e. The topological polar surface area (TPSA) is 16.1 Å². The molecule has 1 atom stereocenters. The van der Waals surface area contributed by atoms with Crippen molar-refractivity contribution in [1.29, 1.82) is 0 Å². The molecule has 1 fully saturated rings. The third kappa shape index (κ3) is 2.53. The fourth-order valence-electron chi connectivity index (χ4n) is 2.60. The lowest BCUT2D eigenvalue weighted by atomic mass is 10.0. The first-order valence-electron chi connectivity index (χ1n) is 6.51. The van der Waals surface area contributed by atoms with E-state index in [9.17, 15) is 0 Å². The van der Waals surface area contributed by atoms with E-state index in [0.29, 0.717) is 6.04 Å². The Kier molecular flexibility index (Phi) is 3.83. The zero-order valence-corrected chi connectivity index (χ0v) is 11.9. The quantitative estimate of drug-likeness (QED) is 0.793. The number of benzene rings is 1. The fraction of sp³-hybridized carbons (Fsp3) is 0.500. The Morgan fingerprint density at radius 2 is 2.22 bits per heavy atom. The van der Waals surface area contributed by atoms with Crippen molar-refractivity contribution < 1.29 is 0 Å². The van der Waals surface area contributed by atoms with Gasteiger partial charge >= 0.3 is 0 Å². The average Bonchev–Trinajstić information content (AvgIpc) is 2.81. The number of hydrogen-bond acceptors (Lipinski definition) is 3. The van der Waals surface area contributed by atoms with E-state index in [1.807, 2.05) is 17.4 Å². The van der Waals surface area contributed by atoms with Crippen molar-refractivity contribution in [3.8, 4) is 0 Å². The van der Waals surface area contributed by atoms with Gasteiger partial charge in [0, 0.05) is 11.9 Å². The number of halogens is 1. The predicted molar refractivity (Wildman–Crippen MR) is 78.4 cm³/mol. The molecule has 2 nitrogen and oxygen atoms in total. The first-order valence-corrected chi connectivity index (χ1v) is 7.86. The van der Waals surface area contributed by atoms with Gasteiger partial charge in [0.1, 0.15) is 5.01 Å². The molecule has 18 heavy (non-hydrogen) atoms. The molecule has 0 radical (unpaired) electrons. The molecule has 1 aromatic carbocycles. The van der Waals surface area contributed by atoms with Gasteiger partial charge in [0.25, 0.3) is 0 Å². The van der Waals surface area contributed by atoms with Gasteiger partial charge in [-0.25, -0.2) is 4.98 Å². The standard InChI is InChI=1S/C14H17ClN2S/c15-9-11-5-3-4-8-17(11)10-14-16-12-6-1-2-7-13(12)18-14/h1-2,6-7,11H,3-5,8-10H2. The van der Waals surface area contributed by atoms with E-state index in [4.69, 9.17) is 16.6 Å². The third-order valence-electron chi connectivity index (χ3n) is 3.60. The Bertz CT molecular complexity index is 492. The minimum atomic E-state index is 0.535. The fourth-order valence-corrected chi connectivity index (χ4v) is 3.95. The van der Waals surface area contributed by atoms with Crippen molar-refractivity contribution in [2.75, 3.05) is 12.4 Å². The van der Waals surface area contributed by atoms with Crippen LogP contribution in [0.1, 0.15) is 24.3 Å². The summed E-state index contributed by atoms with van der Waals surface area (Å²) in [5.74, 6) is 0.741. The summed E-state index contributed by atoms with van der Waals surface area (Å²) in [5, 5.41) is 1.22. The van der Waals surface area contributed by atoms with Gasteiger partial charge in [0.15, 0.2) is 0 Å². The summed E-state index contributed by atoms with van der Waals surface area (Å²) in [5.41, 5.74) is 1.12. The minimum absolute atomic E-state index is 0.535. The number of rotatable bonds is 3. The van der Waals surface area contributed by atoms with Crippen molar-refractivity contribution >= 4 is 33.2 Å². The molecule has 1 aliphatic heterocycles. The Labute approximate surface area is 117 Å². The number of alkyl halides is 1. The molecule has 1 aromatic heterocycles. The lowest BCUT2D eigenvalue weighted by Crippen LogP contribution is -2.39. The van der Waals surface area contributed by atoms with Crippen molar-refractivity contribution in [1.82, 2.24) is 9.88 Å². The zero-order chi connectivity index (χ0) is 12.4. The molecule has 0 saturated carbocycles. The molecule has 3 rings (SSSR count). The third-order valence-corrected chi connectivity index (χ3v) is 4.98.